The molecule has 0 N–H and O–H groups in total. The summed E-state index contributed by atoms with van der Waals surface area (Å²) in [5, 5.41) is 1.18. The zero-order chi connectivity index (χ0) is 20.4. The Kier molecular flexibility index (Phi) is 6.20. The van der Waals surface area contributed by atoms with Crippen molar-refractivity contribution >= 4 is 23.2 Å². The van der Waals surface area contributed by atoms with Crippen molar-refractivity contribution in [1.82, 2.24) is 0 Å². The first kappa shape index (κ1) is 20.7. The molecule has 0 radical (unpaired) electrons. The Morgan fingerprint density at radius 3 is 1.45 bits per heavy atom. The molecular weight excluding hydrogens is 482 g/mol. The van der Waals surface area contributed by atoms with Gasteiger partial charge in [0.1, 0.15) is 0 Å². The van der Waals surface area contributed by atoms with E-state index in [1.165, 1.54) is 17.7 Å². The molecule has 5 heteroatoms. The first-order valence-corrected chi connectivity index (χ1v) is 14.8. The number of allylic oxidation sites excluding steroid dienone is 8. The van der Waals surface area contributed by atoms with Gasteiger partial charge in [-0.3, -0.25) is 0 Å². The molecule has 29 heavy (non-hydrogen) atoms. The molecule has 0 saturated heterocycles. The topological polar surface area (TPSA) is 18.5 Å². The van der Waals surface area contributed by atoms with Crippen molar-refractivity contribution in [3.63, 3.8) is 0 Å². The van der Waals surface area contributed by atoms with E-state index >= 15 is 0 Å². The van der Waals surface area contributed by atoms with Gasteiger partial charge in [-0.15, -0.1) is 0 Å². The van der Waals surface area contributed by atoms with Crippen LogP contribution in [-0.2, 0) is 21.1 Å². The zero-order valence-electron chi connectivity index (χ0n) is 16.4. The Morgan fingerprint density at radius 2 is 1.10 bits per heavy atom. The second kappa shape index (κ2) is 8.68. The Labute approximate surface area is 187 Å². The molecule has 0 atom stereocenters. The third-order valence-corrected chi connectivity index (χ3v) is 15.3. The Bertz CT molecular complexity index is 981. The van der Waals surface area contributed by atoms with Crippen molar-refractivity contribution in [1.29, 1.82) is 0 Å². The molecule has 0 saturated carbocycles. The van der Waals surface area contributed by atoms with Gasteiger partial charge in [0, 0.05) is 0 Å². The van der Waals surface area contributed by atoms with E-state index in [0.29, 0.717) is 21.5 Å². The molecule has 2 aliphatic rings. The molecule has 0 heterocycles. The van der Waals surface area contributed by atoms with Crippen molar-refractivity contribution in [2.45, 2.75) is 26.7 Å². The summed E-state index contributed by atoms with van der Waals surface area (Å²) in [5.74, 6) is 1.33. The summed E-state index contributed by atoms with van der Waals surface area (Å²) in [4.78, 5) is 0. The van der Waals surface area contributed by atoms with Crippen LogP contribution in [0.2, 0.25) is 10.0 Å². The number of benzene rings is 2. The van der Waals surface area contributed by atoms with Gasteiger partial charge in [0.05, 0.1) is 0 Å². The van der Waals surface area contributed by atoms with Crippen LogP contribution in [0.5, 0.6) is 11.5 Å². The number of para-hydroxylation sites is 2. The molecule has 0 unspecified atom stereocenters. The van der Waals surface area contributed by atoms with Crippen molar-refractivity contribution in [2.24, 2.45) is 0 Å². The molecule has 2 aliphatic carbocycles. The average Bonchev–Trinajstić information content (AvgIpc) is 3.33. The quantitative estimate of drug-likeness (QED) is 0.398. The predicted octanol–water partition coefficient (Wildman–Crippen LogP) is 7.90. The Morgan fingerprint density at radius 1 is 0.690 bits per heavy atom. The van der Waals surface area contributed by atoms with Gasteiger partial charge in [0.2, 0.25) is 0 Å². The van der Waals surface area contributed by atoms with Crippen molar-refractivity contribution in [3.05, 3.63) is 101 Å². The Balaban J connectivity index is 1.92. The zero-order valence-corrected chi connectivity index (χ0v) is 20.4. The first-order valence-electron chi connectivity index (χ1n) is 9.62. The minimum absolute atomic E-state index is 0.588. The fraction of sp³-hybridized carbons (Fsp3) is 0.167. The number of halogens is 2. The molecule has 4 rings (SSSR count). The van der Waals surface area contributed by atoms with E-state index in [-0.39, 0.29) is 0 Å². The van der Waals surface area contributed by atoms with Crippen LogP contribution in [0.15, 0.2) is 90.5 Å². The summed E-state index contributed by atoms with van der Waals surface area (Å²) in [6.45, 7) is 4.27. The van der Waals surface area contributed by atoms with Crippen LogP contribution >= 0.6 is 23.2 Å². The fourth-order valence-corrected chi connectivity index (χ4v) is 14.0. The molecule has 0 fully saturated rings. The number of hydrogen-bond acceptors (Lipinski definition) is 2. The van der Waals surface area contributed by atoms with Gasteiger partial charge in [0.25, 0.3) is 0 Å². The van der Waals surface area contributed by atoms with Gasteiger partial charge in [-0.2, -0.15) is 0 Å². The monoisotopic (exact) mass is 502 g/mol. The maximum atomic E-state index is 6.90. The van der Waals surface area contributed by atoms with Crippen LogP contribution in [-0.4, -0.2) is 0 Å². The van der Waals surface area contributed by atoms with Crippen molar-refractivity contribution in [2.75, 3.05) is 0 Å². The first-order chi connectivity index (χ1) is 14.0. The molecule has 0 amide bonds. The standard InChI is InChI=1S/2C6H5ClO.2C6H7.Zr/c2*7-5-3-1-2-4-6(5)8;2*1-6-4-2-3-5-6;/h2*1-4,8H;2*2,4H,3H2,1H3;/q;;;;+2/p-2. The van der Waals surface area contributed by atoms with Crippen LogP contribution in [0.4, 0.5) is 0 Å². The molecule has 0 spiro atoms. The molecule has 2 nitrogen and oxygen atoms in total. The Hall–Kier alpha value is -1.54. The molecule has 0 bridgehead atoms. The van der Waals surface area contributed by atoms with E-state index in [2.05, 4.69) is 38.2 Å². The fourth-order valence-electron chi connectivity index (χ4n) is 3.83. The van der Waals surface area contributed by atoms with Crippen LogP contribution in [0.25, 0.3) is 0 Å². The van der Waals surface area contributed by atoms with Gasteiger partial charge in [-0.05, 0) is 0 Å². The summed E-state index contributed by atoms with van der Waals surface area (Å²) in [6.07, 6.45) is 10.3. The van der Waals surface area contributed by atoms with E-state index in [0.717, 1.165) is 12.8 Å². The second-order valence-corrected chi connectivity index (χ2v) is 15.0. The SMILES string of the molecule is CC1=[C]([Zr]([O]c2ccccc2Cl)([O]c2ccccc2Cl)[C]2=C(C)C=CC2)CC=C1. The van der Waals surface area contributed by atoms with E-state index in [1.54, 1.807) is 0 Å². The van der Waals surface area contributed by atoms with Gasteiger partial charge in [0.15, 0.2) is 0 Å². The average molecular weight is 505 g/mol. The van der Waals surface area contributed by atoms with Crippen LogP contribution in [0, 0.1) is 0 Å². The summed E-state index contributed by atoms with van der Waals surface area (Å²) in [6, 6.07) is 15.2. The molecule has 0 aromatic heterocycles. The van der Waals surface area contributed by atoms with E-state index in [9.17, 15) is 0 Å². The molecule has 0 aliphatic heterocycles. The minimum atomic E-state index is -4.15. The summed E-state index contributed by atoms with van der Waals surface area (Å²) >= 11 is 8.87. The van der Waals surface area contributed by atoms with Crippen molar-refractivity contribution in [3.8, 4) is 11.5 Å². The van der Waals surface area contributed by atoms with E-state index in [1.807, 2.05) is 48.5 Å². The second-order valence-electron chi connectivity index (χ2n) is 7.22. The summed E-state index contributed by atoms with van der Waals surface area (Å²) < 4.78 is 16.3. The van der Waals surface area contributed by atoms with Crippen LogP contribution in [0.1, 0.15) is 26.7 Å². The van der Waals surface area contributed by atoms with Gasteiger partial charge >= 0.3 is 189 Å². The third-order valence-electron chi connectivity index (χ3n) is 5.31. The summed E-state index contributed by atoms with van der Waals surface area (Å²) in [5.41, 5.74) is 2.43. The molecule has 2 aromatic carbocycles. The van der Waals surface area contributed by atoms with Gasteiger partial charge < -0.3 is 0 Å². The van der Waals surface area contributed by atoms with Crippen LogP contribution in [0.3, 0.4) is 0 Å². The van der Waals surface area contributed by atoms with Crippen molar-refractivity contribution < 1.29 is 26.8 Å². The normalized spacial score (nSPS) is 16.1. The van der Waals surface area contributed by atoms with Gasteiger partial charge in [-0.25, -0.2) is 0 Å². The van der Waals surface area contributed by atoms with E-state index in [4.69, 9.17) is 28.8 Å². The molecule has 148 valence electrons. The number of hydrogen-bond donors (Lipinski definition) is 0. The van der Waals surface area contributed by atoms with E-state index < -0.39 is 21.1 Å². The third kappa shape index (κ3) is 4.06. The van der Waals surface area contributed by atoms with Gasteiger partial charge in [-0.1, -0.05) is 0 Å². The summed E-state index contributed by atoms with van der Waals surface area (Å²) in [7, 11) is 0. The predicted molar refractivity (Wildman–Crippen MR) is 117 cm³/mol. The number of rotatable bonds is 6. The van der Waals surface area contributed by atoms with Crippen LogP contribution < -0.4 is 5.63 Å². The molecule has 2 aromatic rings. The molecular formula is C24H22Cl2O2Zr. The maximum absolute atomic E-state index is 6.90.